The molecular formula is C11H11IO2S. The summed E-state index contributed by atoms with van der Waals surface area (Å²) in [6.45, 7) is 0.328. The minimum Gasteiger partial charge on any atom is -0.457 e. The van der Waals surface area contributed by atoms with Crippen molar-refractivity contribution in [2.75, 3.05) is 6.26 Å². The van der Waals surface area contributed by atoms with Crippen LogP contribution in [0.1, 0.15) is 5.56 Å². The van der Waals surface area contributed by atoms with Crippen LogP contribution in [-0.4, -0.2) is 12.2 Å². The molecule has 4 heteroatoms. The van der Waals surface area contributed by atoms with Crippen molar-refractivity contribution in [2.45, 2.75) is 6.61 Å². The van der Waals surface area contributed by atoms with E-state index in [-0.39, 0.29) is 5.97 Å². The van der Waals surface area contributed by atoms with Gasteiger partial charge in [-0.05, 0) is 39.8 Å². The zero-order chi connectivity index (χ0) is 11.1. The fourth-order valence-electron chi connectivity index (χ4n) is 0.944. The van der Waals surface area contributed by atoms with E-state index in [9.17, 15) is 4.79 Å². The summed E-state index contributed by atoms with van der Waals surface area (Å²) in [5, 5.41) is 1.77. The molecule has 0 aliphatic heterocycles. The lowest BCUT2D eigenvalue weighted by Crippen LogP contribution is -2.03. The Bertz CT molecular complexity index is 349. The second-order valence-electron chi connectivity index (χ2n) is 2.76. The zero-order valence-electron chi connectivity index (χ0n) is 8.27. The summed E-state index contributed by atoms with van der Waals surface area (Å²) in [5.74, 6) is -0.270. The molecule has 0 bridgehead atoms. The first-order valence-corrected chi connectivity index (χ1v) is 6.70. The smallest absolute Gasteiger partial charge is 0.345 e. The number of esters is 1. The lowest BCUT2D eigenvalue weighted by molar-refractivity contribution is -0.139. The molecule has 1 rings (SSSR count). The maximum absolute atomic E-state index is 11.4. The highest BCUT2D eigenvalue weighted by atomic mass is 127. The molecule has 0 heterocycles. The van der Waals surface area contributed by atoms with Gasteiger partial charge in [-0.1, -0.05) is 30.3 Å². The molecule has 0 amide bonds. The first-order valence-electron chi connectivity index (χ1n) is 4.33. The molecule has 0 atom stereocenters. The first-order chi connectivity index (χ1) is 7.24. The van der Waals surface area contributed by atoms with Crippen molar-refractivity contribution < 1.29 is 9.53 Å². The van der Waals surface area contributed by atoms with Crippen LogP contribution in [0.3, 0.4) is 0 Å². The van der Waals surface area contributed by atoms with E-state index in [0.717, 1.165) is 5.56 Å². The van der Waals surface area contributed by atoms with Gasteiger partial charge in [0.15, 0.2) is 0 Å². The number of ether oxygens (including phenoxy) is 1. The molecule has 0 aromatic heterocycles. The number of thioether (sulfide) groups is 1. The molecule has 2 nitrogen and oxygen atoms in total. The molecule has 1 aromatic carbocycles. The maximum atomic E-state index is 11.4. The molecule has 1 aromatic rings. The summed E-state index contributed by atoms with van der Waals surface area (Å²) in [4.78, 5) is 11.4. The van der Waals surface area contributed by atoms with Crippen LogP contribution in [0.15, 0.2) is 39.3 Å². The highest BCUT2D eigenvalue weighted by Crippen LogP contribution is 2.14. The molecule has 0 aliphatic rings. The first kappa shape index (κ1) is 12.6. The van der Waals surface area contributed by atoms with Crippen LogP contribution in [0.5, 0.6) is 0 Å². The van der Waals surface area contributed by atoms with Crippen molar-refractivity contribution in [3.8, 4) is 0 Å². The largest absolute Gasteiger partial charge is 0.457 e. The predicted molar refractivity (Wildman–Crippen MR) is 71.9 cm³/mol. The topological polar surface area (TPSA) is 26.3 Å². The van der Waals surface area contributed by atoms with Crippen LogP contribution < -0.4 is 0 Å². The predicted octanol–water partition coefficient (Wildman–Crippen LogP) is 3.37. The molecule has 80 valence electrons. The van der Waals surface area contributed by atoms with Gasteiger partial charge in [-0.15, -0.1) is 11.8 Å². The third-order valence-corrected chi connectivity index (χ3v) is 3.27. The Morgan fingerprint density at radius 2 is 2.13 bits per heavy atom. The molecule has 0 saturated heterocycles. The molecule has 15 heavy (non-hydrogen) atoms. The Morgan fingerprint density at radius 3 is 2.73 bits per heavy atom. The van der Waals surface area contributed by atoms with Gasteiger partial charge in [0, 0.05) is 0 Å². The van der Waals surface area contributed by atoms with E-state index in [1.165, 1.54) is 11.8 Å². The molecular weight excluding hydrogens is 323 g/mol. The normalized spacial score (nSPS) is 11.2. The van der Waals surface area contributed by atoms with Crippen molar-refractivity contribution in [2.24, 2.45) is 0 Å². The van der Waals surface area contributed by atoms with Gasteiger partial charge in [-0.25, -0.2) is 4.79 Å². The van der Waals surface area contributed by atoms with E-state index in [4.69, 9.17) is 4.74 Å². The average Bonchev–Trinajstić information content (AvgIpc) is 2.27. The highest BCUT2D eigenvalue weighted by Gasteiger charge is 2.06. The van der Waals surface area contributed by atoms with Gasteiger partial charge in [-0.3, -0.25) is 0 Å². The van der Waals surface area contributed by atoms with Gasteiger partial charge in [0.2, 0.25) is 0 Å². The summed E-state index contributed by atoms with van der Waals surface area (Å²) >= 11 is 3.47. The molecule has 0 N–H and O–H groups in total. The molecule has 0 unspecified atom stereocenters. The van der Waals surface area contributed by atoms with Gasteiger partial charge in [0.25, 0.3) is 0 Å². The van der Waals surface area contributed by atoms with E-state index < -0.39 is 0 Å². The third kappa shape index (κ3) is 4.70. The Kier molecular flexibility index (Phi) is 5.78. The van der Waals surface area contributed by atoms with Crippen LogP contribution in [0.4, 0.5) is 0 Å². The molecule has 0 radical (unpaired) electrons. The highest BCUT2D eigenvalue weighted by molar-refractivity contribution is 14.1. The van der Waals surface area contributed by atoms with E-state index in [1.807, 2.05) is 59.2 Å². The van der Waals surface area contributed by atoms with Crippen molar-refractivity contribution in [3.63, 3.8) is 0 Å². The van der Waals surface area contributed by atoms with E-state index in [0.29, 0.717) is 10.2 Å². The van der Waals surface area contributed by atoms with E-state index >= 15 is 0 Å². The monoisotopic (exact) mass is 334 g/mol. The number of carbonyl (C=O) groups excluding carboxylic acids is 1. The minimum absolute atomic E-state index is 0.270. The van der Waals surface area contributed by atoms with Gasteiger partial charge in [0.05, 0.1) is 0 Å². The SMILES string of the molecule is CS/C=C(/I)C(=O)OCc1ccccc1. The van der Waals surface area contributed by atoms with Crippen LogP contribution in [0.2, 0.25) is 0 Å². The van der Waals surface area contributed by atoms with E-state index in [1.54, 1.807) is 5.41 Å². The second-order valence-corrected chi connectivity index (χ2v) is 4.63. The van der Waals surface area contributed by atoms with Crippen LogP contribution in [0.25, 0.3) is 0 Å². The summed E-state index contributed by atoms with van der Waals surface area (Å²) in [5.41, 5.74) is 0.999. The van der Waals surface area contributed by atoms with Crippen molar-refractivity contribution in [1.82, 2.24) is 0 Å². The van der Waals surface area contributed by atoms with Gasteiger partial charge in [-0.2, -0.15) is 0 Å². The van der Waals surface area contributed by atoms with Gasteiger partial charge >= 0.3 is 5.97 Å². The lowest BCUT2D eigenvalue weighted by Gasteiger charge is -2.03. The molecule has 0 spiro atoms. The summed E-state index contributed by atoms with van der Waals surface area (Å²) in [6.07, 6.45) is 1.91. The number of halogens is 1. The van der Waals surface area contributed by atoms with Crippen LogP contribution in [-0.2, 0) is 16.1 Å². The Labute approximate surface area is 107 Å². The fraction of sp³-hybridized carbons (Fsp3) is 0.182. The number of hydrogen-bond acceptors (Lipinski definition) is 3. The quantitative estimate of drug-likeness (QED) is 0.480. The average molecular weight is 334 g/mol. The Hall–Kier alpha value is -0.490. The number of hydrogen-bond donors (Lipinski definition) is 0. The van der Waals surface area contributed by atoms with Crippen LogP contribution >= 0.6 is 34.4 Å². The number of benzene rings is 1. The van der Waals surface area contributed by atoms with Crippen LogP contribution in [0, 0.1) is 0 Å². The number of carbonyl (C=O) groups is 1. The molecule has 0 fully saturated rings. The maximum Gasteiger partial charge on any atom is 0.345 e. The van der Waals surface area contributed by atoms with Crippen molar-refractivity contribution in [1.29, 1.82) is 0 Å². The summed E-state index contributed by atoms with van der Waals surface area (Å²) in [6, 6.07) is 9.64. The summed E-state index contributed by atoms with van der Waals surface area (Å²) < 4.78 is 5.72. The third-order valence-electron chi connectivity index (χ3n) is 1.63. The zero-order valence-corrected chi connectivity index (χ0v) is 11.2. The minimum atomic E-state index is -0.270. The standard InChI is InChI=1S/C11H11IO2S/c1-15-8-10(12)11(13)14-7-9-5-3-2-4-6-9/h2-6,8H,7H2,1H3/b10-8+. The van der Waals surface area contributed by atoms with E-state index in [2.05, 4.69) is 0 Å². The Morgan fingerprint density at radius 1 is 1.47 bits per heavy atom. The fourth-order valence-corrected chi connectivity index (χ4v) is 2.17. The lowest BCUT2D eigenvalue weighted by atomic mass is 10.2. The van der Waals surface area contributed by atoms with Gasteiger partial charge in [0.1, 0.15) is 10.2 Å². The number of rotatable bonds is 4. The van der Waals surface area contributed by atoms with Crippen molar-refractivity contribution in [3.05, 3.63) is 44.9 Å². The van der Waals surface area contributed by atoms with Gasteiger partial charge < -0.3 is 4.74 Å². The van der Waals surface area contributed by atoms with Crippen molar-refractivity contribution >= 4 is 40.3 Å². The Balaban J connectivity index is 2.45. The second kappa shape index (κ2) is 6.90. The summed E-state index contributed by atoms with van der Waals surface area (Å²) in [7, 11) is 0. The molecule has 0 aliphatic carbocycles. The molecule has 0 saturated carbocycles.